The lowest BCUT2D eigenvalue weighted by Crippen LogP contribution is -2.46. The van der Waals surface area contributed by atoms with E-state index in [4.69, 9.17) is 9.47 Å². The van der Waals surface area contributed by atoms with Gasteiger partial charge in [0, 0.05) is 19.1 Å². The average molecular weight is 333 g/mol. The van der Waals surface area contributed by atoms with Crippen molar-refractivity contribution < 1.29 is 14.6 Å². The second-order valence-corrected chi connectivity index (χ2v) is 7.25. The Morgan fingerprint density at radius 3 is 2.79 bits per heavy atom. The van der Waals surface area contributed by atoms with Crippen LogP contribution in [0.3, 0.4) is 0 Å². The highest BCUT2D eigenvalue weighted by molar-refractivity contribution is 5.36. The van der Waals surface area contributed by atoms with E-state index < -0.39 is 0 Å². The van der Waals surface area contributed by atoms with Crippen molar-refractivity contribution in [3.05, 3.63) is 29.3 Å². The molecule has 0 spiro atoms. The number of methoxy groups -OCH3 is 1. The molecule has 1 heterocycles. The summed E-state index contributed by atoms with van der Waals surface area (Å²) < 4.78 is 11.7. The van der Waals surface area contributed by atoms with Crippen molar-refractivity contribution in [1.82, 2.24) is 4.90 Å². The van der Waals surface area contributed by atoms with Gasteiger partial charge in [-0.05, 0) is 49.8 Å². The van der Waals surface area contributed by atoms with Gasteiger partial charge in [0.05, 0.1) is 25.9 Å². The molecule has 2 fully saturated rings. The van der Waals surface area contributed by atoms with Crippen LogP contribution in [0.15, 0.2) is 18.2 Å². The highest BCUT2D eigenvalue weighted by atomic mass is 16.5. The number of rotatable bonds is 6. The van der Waals surface area contributed by atoms with Crippen LogP contribution in [0.2, 0.25) is 0 Å². The summed E-state index contributed by atoms with van der Waals surface area (Å²) in [6.45, 7) is 4.65. The molecule has 1 aromatic rings. The molecule has 1 saturated carbocycles. The van der Waals surface area contributed by atoms with E-state index in [1.54, 1.807) is 7.11 Å². The Labute approximate surface area is 145 Å². The minimum Gasteiger partial charge on any atom is -0.496 e. The van der Waals surface area contributed by atoms with E-state index in [2.05, 4.69) is 30.0 Å². The first-order valence-corrected chi connectivity index (χ1v) is 9.34. The zero-order chi connectivity index (χ0) is 16.9. The maximum atomic E-state index is 9.82. The van der Waals surface area contributed by atoms with Gasteiger partial charge in [0.1, 0.15) is 5.75 Å². The van der Waals surface area contributed by atoms with E-state index in [1.807, 2.05) is 0 Å². The number of nitrogens with zero attached hydrogens (tertiary/aromatic N) is 1. The number of likely N-dealkylation sites (tertiary alicyclic amines) is 1. The van der Waals surface area contributed by atoms with Crippen molar-refractivity contribution in [2.45, 2.75) is 63.7 Å². The predicted molar refractivity (Wildman–Crippen MR) is 95.6 cm³/mol. The molecule has 1 aliphatic carbocycles. The van der Waals surface area contributed by atoms with Crippen LogP contribution in [0.1, 0.15) is 43.2 Å². The zero-order valence-electron chi connectivity index (χ0n) is 15.0. The Kier molecular flexibility index (Phi) is 6.14. The number of hydrogen-bond donors (Lipinski definition) is 1. The van der Waals surface area contributed by atoms with Gasteiger partial charge in [0.25, 0.3) is 0 Å². The second-order valence-electron chi connectivity index (χ2n) is 7.25. The lowest BCUT2D eigenvalue weighted by atomic mass is 9.91. The van der Waals surface area contributed by atoms with E-state index in [1.165, 1.54) is 30.4 Å². The lowest BCUT2D eigenvalue weighted by Gasteiger charge is -2.37. The van der Waals surface area contributed by atoms with Crippen LogP contribution in [0.4, 0.5) is 0 Å². The molecule has 1 N–H and O–H groups in total. The maximum Gasteiger partial charge on any atom is 0.122 e. The van der Waals surface area contributed by atoms with Gasteiger partial charge in [-0.2, -0.15) is 0 Å². The Hall–Kier alpha value is -1.10. The van der Waals surface area contributed by atoms with Crippen LogP contribution >= 0.6 is 0 Å². The largest absolute Gasteiger partial charge is 0.496 e. The number of benzene rings is 1. The average Bonchev–Trinajstić information content (AvgIpc) is 3.03. The van der Waals surface area contributed by atoms with Crippen LogP contribution in [0, 0.1) is 6.92 Å². The van der Waals surface area contributed by atoms with Gasteiger partial charge in [-0.15, -0.1) is 0 Å². The molecule has 1 aromatic carbocycles. The maximum absolute atomic E-state index is 9.82. The van der Waals surface area contributed by atoms with Gasteiger partial charge in [0.2, 0.25) is 0 Å². The molecule has 2 aliphatic rings. The fraction of sp³-hybridized carbons (Fsp3) is 0.700. The quantitative estimate of drug-likeness (QED) is 0.869. The number of aliphatic hydroxyl groups is 1. The van der Waals surface area contributed by atoms with Crippen LogP contribution in [0.5, 0.6) is 5.75 Å². The molecular weight excluding hydrogens is 302 g/mol. The molecule has 4 nitrogen and oxygen atoms in total. The molecule has 0 radical (unpaired) electrons. The number of aryl methyl sites for hydroxylation is 1. The van der Waals surface area contributed by atoms with Gasteiger partial charge < -0.3 is 14.6 Å². The third-order valence-electron chi connectivity index (χ3n) is 5.53. The van der Waals surface area contributed by atoms with Gasteiger partial charge in [-0.1, -0.05) is 25.0 Å². The van der Waals surface area contributed by atoms with Crippen LogP contribution in [-0.4, -0.2) is 55.1 Å². The number of aliphatic hydroxyl groups excluding tert-OH is 1. The van der Waals surface area contributed by atoms with E-state index in [0.29, 0.717) is 12.1 Å². The van der Waals surface area contributed by atoms with Crippen molar-refractivity contribution in [2.75, 3.05) is 26.8 Å². The summed E-state index contributed by atoms with van der Waals surface area (Å²) in [5, 5.41) is 9.82. The zero-order valence-corrected chi connectivity index (χ0v) is 15.0. The number of β-amino-alcohol motifs (C(OH)–C–C–N with tert-alkyl or cyclic N) is 1. The van der Waals surface area contributed by atoms with Crippen molar-refractivity contribution in [1.29, 1.82) is 0 Å². The SMILES string of the molecule is COc1cc(CCOC2CCCCC2N2CCC(O)C2)ccc1C. The van der Waals surface area contributed by atoms with Crippen molar-refractivity contribution in [3.8, 4) is 5.75 Å². The summed E-state index contributed by atoms with van der Waals surface area (Å²) in [6, 6.07) is 6.89. The Bertz CT molecular complexity index is 534. The van der Waals surface area contributed by atoms with Crippen molar-refractivity contribution >= 4 is 0 Å². The van der Waals surface area contributed by atoms with E-state index in [-0.39, 0.29) is 6.10 Å². The molecule has 1 saturated heterocycles. The molecule has 3 rings (SSSR count). The summed E-state index contributed by atoms with van der Waals surface area (Å²) in [5.41, 5.74) is 2.43. The smallest absolute Gasteiger partial charge is 0.122 e. The van der Waals surface area contributed by atoms with Crippen LogP contribution < -0.4 is 4.74 Å². The molecule has 0 amide bonds. The van der Waals surface area contributed by atoms with Crippen LogP contribution in [0.25, 0.3) is 0 Å². The Morgan fingerprint density at radius 1 is 1.21 bits per heavy atom. The Morgan fingerprint density at radius 2 is 2.04 bits per heavy atom. The highest BCUT2D eigenvalue weighted by Gasteiger charge is 2.34. The van der Waals surface area contributed by atoms with E-state index in [0.717, 1.165) is 44.7 Å². The first kappa shape index (κ1) is 17.7. The molecule has 3 atom stereocenters. The molecule has 4 heteroatoms. The van der Waals surface area contributed by atoms with Gasteiger partial charge in [-0.3, -0.25) is 4.90 Å². The summed E-state index contributed by atoms with van der Waals surface area (Å²) in [5.74, 6) is 0.953. The van der Waals surface area contributed by atoms with Gasteiger partial charge >= 0.3 is 0 Å². The summed E-state index contributed by atoms with van der Waals surface area (Å²) in [6.07, 6.45) is 6.89. The third kappa shape index (κ3) is 4.29. The first-order valence-electron chi connectivity index (χ1n) is 9.34. The first-order chi connectivity index (χ1) is 11.7. The van der Waals surface area contributed by atoms with Crippen LogP contribution in [-0.2, 0) is 11.2 Å². The number of ether oxygens (including phenoxy) is 2. The monoisotopic (exact) mass is 333 g/mol. The fourth-order valence-electron chi connectivity index (χ4n) is 4.11. The second kappa shape index (κ2) is 8.32. The molecular formula is C20H31NO3. The third-order valence-corrected chi connectivity index (χ3v) is 5.53. The van der Waals surface area contributed by atoms with E-state index >= 15 is 0 Å². The van der Waals surface area contributed by atoms with E-state index in [9.17, 15) is 5.11 Å². The summed E-state index contributed by atoms with van der Waals surface area (Å²) >= 11 is 0. The topological polar surface area (TPSA) is 41.9 Å². The van der Waals surface area contributed by atoms with Gasteiger partial charge in [0.15, 0.2) is 0 Å². The molecule has 134 valence electrons. The minimum absolute atomic E-state index is 0.146. The lowest BCUT2D eigenvalue weighted by molar-refractivity contribution is -0.0316. The molecule has 1 aliphatic heterocycles. The Balaban J connectivity index is 1.52. The standard InChI is InChI=1S/C20H31NO3/c1-15-7-8-16(13-20(15)23-2)10-12-24-19-6-4-3-5-18(19)21-11-9-17(22)14-21/h7-8,13,17-19,22H,3-6,9-12,14H2,1-2H3. The van der Waals surface area contributed by atoms with Crippen molar-refractivity contribution in [2.24, 2.45) is 0 Å². The fourth-order valence-corrected chi connectivity index (χ4v) is 4.11. The van der Waals surface area contributed by atoms with Gasteiger partial charge in [-0.25, -0.2) is 0 Å². The summed E-state index contributed by atoms with van der Waals surface area (Å²) in [7, 11) is 1.72. The molecule has 24 heavy (non-hydrogen) atoms. The summed E-state index contributed by atoms with van der Waals surface area (Å²) in [4.78, 5) is 2.45. The highest BCUT2D eigenvalue weighted by Crippen LogP contribution is 2.28. The number of hydrogen-bond acceptors (Lipinski definition) is 4. The molecule has 0 bridgehead atoms. The van der Waals surface area contributed by atoms with Crippen molar-refractivity contribution in [3.63, 3.8) is 0 Å². The molecule has 3 unspecified atom stereocenters. The molecule has 0 aromatic heterocycles. The minimum atomic E-state index is -0.146. The predicted octanol–water partition coefficient (Wildman–Crippen LogP) is 2.94. The normalized spacial score (nSPS) is 28.2.